The van der Waals surface area contributed by atoms with Gasteiger partial charge in [0.25, 0.3) is 0 Å². The zero-order valence-corrected chi connectivity index (χ0v) is 10.8. The summed E-state index contributed by atoms with van der Waals surface area (Å²) in [5, 5.41) is 10.2. The number of hydrogen-bond acceptors (Lipinski definition) is 4. The SMILES string of the molecule is C=CC(C)(O)[C@H]1O[C@@H](CC(=O)OC)CC[C@@H]1C. The Labute approximate surface area is 103 Å². The standard InChI is InChI=1S/C13H22O4/c1-5-13(3,15)12-9(2)6-7-10(17-12)8-11(14)16-4/h5,9-10,12,15H,1,6-8H2,2-4H3/t9-,10+,12-,13?/m0/s1. The van der Waals surface area contributed by atoms with Gasteiger partial charge in [0.15, 0.2) is 0 Å². The maximum atomic E-state index is 11.2. The second kappa shape index (κ2) is 5.65. The smallest absolute Gasteiger partial charge is 0.308 e. The Morgan fingerprint density at radius 3 is 2.82 bits per heavy atom. The minimum atomic E-state index is -1.06. The molecule has 4 nitrogen and oxygen atoms in total. The van der Waals surface area contributed by atoms with Crippen molar-refractivity contribution in [3.05, 3.63) is 12.7 Å². The number of ether oxygens (including phenoxy) is 2. The molecule has 1 saturated heterocycles. The zero-order valence-electron chi connectivity index (χ0n) is 10.8. The third-order valence-electron chi connectivity index (χ3n) is 3.41. The summed E-state index contributed by atoms with van der Waals surface area (Å²) in [5.41, 5.74) is -1.06. The van der Waals surface area contributed by atoms with E-state index in [4.69, 9.17) is 4.74 Å². The average Bonchev–Trinajstić information content (AvgIpc) is 2.31. The van der Waals surface area contributed by atoms with E-state index in [1.807, 2.05) is 6.92 Å². The molecule has 0 aromatic carbocycles. The van der Waals surface area contributed by atoms with E-state index in [0.29, 0.717) is 0 Å². The van der Waals surface area contributed by atoms with E-state index in [9.17, 15) is 9.90 Å². The summed E-state index contributed by atoms with van der Waals surface area (Å²) >= 11 is 0. The van der Waals surface area contributed by atoms with Crippen molar-refractivity contribution in [2.75, 3.05) is 7.11 Å². The van der Waals surface area contributed by atoms with Crippen molar-refractivity contribution < 1.29 is 19.4 Å². The van der Waals surface area contributed by atoms with Gasteiger partial charge >= 0.3 is 5.97 Å². The molecule has 0 aliphatic carbocycles. The van der Waals surface area contributed by atoms with Crippen molar-refractivity contribution in [1.29, 1.82) is 0 Å². The van der Waals surface area contributed by atoms with Crippen LogP contribution in [0, 0.1) is 5.92 Å². The van der Waals surface area contributed by atoms with Crippen LogP contribution in [0.15, 0.2) is 12.7 Å². The molecule has 1 aliphatic rings. The molecule has 0 aromatic rings. The molecule has 1 rings (SSSR count). The summed E-state index contributed by atoms with van der Waals surface area (Å²) in [6.07, 6.45) is 3.00. The third kappa shape index (κ3) is 3.54. The molecule has 1 N–H and O–H groups in total. The number of hydrogen-bond donors (Lipinski definition) is 1. The molecular weight excluding hydrogens is 220 g/mol. The van der Waals surface area contributed by atoms with Crippen LogP contribution in [-0.4, -0.2) is 36.0 Å². The molecule has 4 atom stereocenters. The molecule has 0 amide bonds. The van der Waals surface area contributed by atoms with Crippen LogP contribution < -0.4 is 0 Å². The van der Waals surface area contributed by atoms with Crippen LogP contribution in [0.1, 0.15) is 33.1 Å². The first-order valence-corrected chi connectivity index (χ1v) is 5.99. The zero-order chi connectivity index (χ0) is 13.1. The van der Waals surface area contributed by atoms with Crippen LogP contribution in [0.2, 0.25) is 0 Å². The van der Waals surface area contributed by atoms with Crippen molar-refractivity contribution >= 4 is 5.97 Å². The molecule has 1 heterocycles. The van der Waals surface area contributed by atoms with Crippen LogP contribution in [-0.2, 0) is 14.3 Å². The lowest BCUT2D eigenvalue weighted by atomic mass is 9.83. The fourth-order valence-corrected chi connectivity index (χ4v) is 2.26. The number of aliphatic hydroxyl groups is 1. The van der Waals surface area contributed by atoms with E-state index in [-0.39, 0.29) is 30.5 Å². The molecule has 0 saturated carbocycles. The van der Waals surface area contributed by atoms with Crippen molar-refractivity contribution in [2.45, 2.75) is 50.9 Å². The van der Waals surface area contributed by atoms with Crippen LogP contribution in [0.25, 0.3) is 0 Å². The van der Waals surface area contributed by atoms with Gasteiger partial charge in [-0.3, -0.25) is 4.79 Å². The van der Waals surface area contributed by atoms with Crippen molar-refractivity contribution in [2.24, 2.45) is 5.92 Å². The molecule has 1 aliphatic heterocycles. The highest BCUT2D eigenvalue weighted by atomic mass is 16.5. The lowest BCUT2D eigenvalue weighted by molar-refractivity contribution is -0.167. The Bertz CT molecular complexity index is 285. The lowest BCUT2D eigenvalue weighted by Crippen LogP contribution is -2.48. The van der Waals surface area contributed by atoms with Crippen LogP contribution in [0.3, 0.4) is 0 Å². The Morgan fingerprint density at radius 2 is 2.29 bits per heavy atom. The van der Waals surface area contributed by atoms with Crippen LogP contribution in [0.4, 0.5) is 0 Å². The molecule has 0 bridgehead atoms. The van der Waals surface area contributed by atoms with Gasteiger partial charge in [-0.2, -0.15) is 0 Å². The molecule has 1 unspecified atom stereocenters. The summed E-state index contributed by atoms with van der Waals surface area (Å²) in [7, 11) is 1.37. The average molecular weight is 242 g/mol. The second-order valence-electron chi connectivity index (χ2n) is 4.94. The molecule has 0 aromatic heterocycles. The van der Waals surface area contributed by atoms with Crippen molar-refractivity contribution in [3.8, 4) is 0 Å². The first-order chi connectivity index (χ1) is 7.90. The highest BCUT2D eigenvalue weighted by Gasteiger charge is 2.39. The van der Waals surface area contributed by atoms with E-state index in [2.05, 4.69) is 11.3 Å². The van der Waals surface area contributed by atoms with Gasteiger partial charge in [0.05, 0.1) is 25.7 Å². The predicted molar refractivity (Wildman–Crippen MR) is 64.5 cm³/mol. The van der Waals surface area contributed by atoms with Crippen LogP contribution in [0.5, 0.6) is 0 Å². The summed E-state index contributed by atoms with van der Waals surface area (Å²) in [6, 6.07) is 0. The fraction of sp³-hybridized carbons (Fsp3) is 0.769. The maximum absolute atomic E-state index is 11.2. The van der Waals surface area contributed by atoms with Crippen LogP contribution >= 0.6 is 0 Å². The minimum absolute atomic E-state index is 0.171. The van der Waals surface area contributed by atoms with Gasteiger partial charge in [-0.15, -0.1) is 6.58 Å². The number of rotatable bonds is 4. The number of carbonyl (C=O) groups excluding carboxylic acids is 1. The van der Waals surface area contributed by atoms with E-state index < -0.39 is 5.60 Å². The molecule has 0 spiro atoms. The number of esters is 1. The van der Waals surface area contributed by atoms with E-state index in [0.717, 1.165) is 12.8 Å². The van der Waals surface area contributed by atoms with Crippen molar-refractivity contribution in [3.63, 3.8) is 0 Å². The Hall–Kier alpha value is -0.870. The quantitative estimate of drug-likeness (QED) is 0.602. The first-order valence-electron chi connectivity index (χ1n) is 5.99. The molecule has 1 fully saturated rings. The van der Waals surface area contributed by atoms with Gasteiger partial charge in [0.2, 0.25) is 0 Å². The number of carbonyl (C=O) groups is 1. The van der Waals surface area contributed by atoms with Crippen molar-refractivity contribution in [1.82, 2.24) is 0 Å². The predicted octanol–water partition coefficient (Wildman–Crippen LogP) is 1.67. The summed E-state index contributed by atoms with van der Waals surface area (Å²) in [5.74, 6) is -0.0292. The topological polar surface area (TPSA) is 55.8 Å². The third-order valence-corrected chi connectivity index (χ3v) is 3.41. The Kier molecular flexibility index (Phi) is 4.71. The van der Waals surface area contributed by atoms with Gasteiger partial charge in [0, 0.05) is 0 Å². The Balaban J connectivity index is 2.65. The summed E-state index contributed by atoms with van der Waals surface area (Å²) < 4.78 is 10.4. The van der Waals surface area contributed by atoms with Gasteiger partial charge in [-0.25, -0.2) is 0 Å². The maximum Gasteiger partial charge on any atom is 0.308 e. The summed E-state index contributed by atoms with van der Waals surface area (Å²) in [6.45, 7) is 7.34. The summed E-state index contributed by atoms with van der Waals surface area (Å²) in [4.78, 5) is 11.2. The van der Waals surface area contributed by atoms with Gasteiger partial charge < -0.3 is 14.6 Å². The Morgan fingerprint density at radius 1 is 1.65 bits per heavy atom. The molecule has 4 heteroatoms. The van der Waals surface area contributed by atoms with E-state index in [1.54, 1.807) is 6.92 Å². The molecule has 17 heavy (non-hydrogen) atoms. The first kappa shape index (κ1) is 14.2. The highest BCUT2D eigenvalue weighted by molar-refractivity contribution is 5.69. The monoisotopic (exact) mass is 242 g/mol. The van der Waals surface area contributed by atoms with Gasteiger partial charge in [0.1, 0.15) is 5.60 Å². The fourth-order valence-electron chi connectivity index (χ4n) is 2.26. The largest absolute Gasteiger partial charge is 0.469 e. The normalized spacial score (nSPS) is 32.6. The molecule has 0 radical (unpaired) electrons. The van der Waals surface area contributed by atoms with Gasteiger partial charge in [-0.05, 0) is 25.7 Å². The molecule has 98 valence electrons. The highest BCUT2D eigenvalue weighted by Crippen LogP contribution is 2.33. The number of methoxy groups -OCH3 is 1. The second-order valence-corrected chi connectivity index (χ2v) is 4.94. The lowest BCUT2D eigenvalue weighted by Gasteiger charge is -2.41. The van der Waals surface area contributed by atoms with Gasteiger partial charge in [-0.1, -0.05) is 13.0 Å². The minimum Gasteiger partial charge on any atom is -0.469 e. The van der Waals surface area contributed by atoms with E-state index in [1.165, 1.54) is 13.2 Å². The molecular formula is C13H22O4. The van der Waals surface area contributed by atoms with E-state index >= 15 is 0 Å².